The van der Waals surface area contributed by atoms with E-state index in [9.17, 15) is 43.8 Å². The molecule has 2 heterocycles. The standard InChI is InChI=1S/C50H55F2N3O11/c1-26(20-38(58)28(3)53-42(61)17-19-55-43(62)14-15-44(55)63)45(64)54-32-12-10-30(11-13-32)27(2)29-6-8-31(9-7-29)46-65-41-23-34-35-22-37(51)36-21-33(57)16-18-47(36,4)49(35,52)39(59)24-48(34,5)50(41,66-46)40(60)25-56/h6-16,18,21,26-28,34-35,37,39,41,46,56,59H,17,19-20,22-25H2,1-5H3,(H,53,61)(H,54,64)/t26-,27-,28+,34+,35+,37+,39+,41-,46-,47+,48+,49+,50-/m1/s1. The molecule has 2 aromatic rings. The lowest BCUT2D eigenvalue weighted by molar-refractivity contribution is -0.235. The second-order valence-electron chi connectivity index (χ2n) is 19.3. The fourth-order valence-electron chi connectivity index (χ4n) is 11.8. The van der Waals surface area contributed by atoms with Crippen LogP contribution in [0, 0.1) is 28.6 Å². The van der Waals surface area contributed by atoms with Gasteiger partial charge in [0.15, 0.2) is 34.9 Å². The highest BCUT2D eigenvalue weighted by Crippen LogP contribution is 2.72. The quantitative estimate of drug-likeness (QED) is 0.189. The van der Waals surface area contributed by atoms with Gasteiger partial charge in [-0.2, -0.15) is 0 Å². The SMILES string of the molecule is C[C@@H](c1ccc(NC(=O)[C@H](C)CC(=O)[C@H](C)NC(=O)CCN2C(=O)C=CC2=O)cc1)c1ccc([C@@H]2O[C@@H]3C[C@H]4[C@@H]5C[C@H](F)C6=CC(=O)C=C[C@]6(C)[C@@]5(F)[C@@H](O)C[C@]4(C)[C@]3(C(=O)CO)O2)cc1. The summed E-state index contributed by atoms with van der Waals surface area (Å²) in [7, 11) is 0. The van der Waals surface area contributed by atoms with E-state index in [1.807, 2.05) is 43.3 Å². The number of nitrogens with zero attached hydrogens (tertiary/aromatic N) is 1. The first-order chi connectivity index (χ1) is 31.2. The van der Waals surface area contributed by atoms with Crippen molar-refractivity contribution >= 4 is 46.7 Å². The van der Waals surface area contributed by atoms with Gasteiger partial charge in [-0.3, -0.25) is 38.5 Å². The molecule has 0 bridgehead atoms. The summed E-state index contributed by atoms with van der Waals surface area (Å²) in [5.41, 5.74) is -3.97. The lowest BCUT2D eigenvalue weighted by Gasteiger charge is -2.63. The second-order valence-corrected chi connectivity index (χ2v) is 19.3. The van der Waals surface area contributed by atoms with E-state index in [4.69, 9.17) is 9.47 Å². The van der Waals surface area contributed by atoms with Gasteiger partial charge in [-0.15, -0.1) is 0 Å². The van der Waals surface area contributed by atoms with Gasteiger partial charge in [0.1, 0.15) is 12.8 Å². The van der Waals surface area contributed by atoms with Crippen molar-refractivity contribution in [2.75, 3.05) is 18.5 Å². The first kappa shape index (κ1) is 47.0. The number of aliphatic hydroxyl groups is 2. The van der Waals surface area contributed by atoms with Gasteiger partial charge in [-0.1, -0.05) is 63.2 Å². The van der Waals surface area contributed by atoms with Gasteiger partial charge in [0.2, 0.25) is 11.8 Å². The highest BCUT2D eigenvalue weighted by atomic mass is 19.1. The summed E-state index contributed by atoms with van der Waals surface area (Å²) in [6.07, 6.45) is 0.00289. The van der Waals surface area contributed by atoms with Crippen LogP contribution in [0.3, 0.4) is 0 Å². The topological polar surface area (TPSA) is 206 Å². The number of alkyl halides is 2. The van der Waals surface area contributed by atoms with Gasteiger partial charge in [0, 0.05) is 71.4 Å². The summed E-state index contributed by atoms with van der Waals surface area (Å²) in [5, 5.41) is 27.5. The van der Waals surface area contributed by atoms with E-state index in [0.717, 1.165) is 34.3 Å². The Labute approximate surface area is 380 Å². The van der Waals surface area contributed by atoms with Crippen LogP contribution < -0.4 is 10.6 Å². The van der Waals surface area contributed by atoms with Crippen LogP contribution in [0.25, 0.3) is 0 Å². The third kappa shape index (κ3) is 7.49. The molecule has 14 nitrogen and oxygen atoms in total. The van der Waals surface area contributed by atoms with Crippen molar-refractivity contribution in [2.24, 2.45) is 28.6 Å². The number of carbonyl (C=O) groups excluding carboxylic acids is 7. The van der Waals surface area contributed by atoms with Crippen LogP contribution in [0.1, 0.15) is 95.6 Å². The molecule has 0 aromatic heterocycles. The number of ether oxygens (including phenoxy) is 2. The van der Waals surface area contributed by atoms with Crippen LogP contribution in [0.2, 0.25) is 0 Å². The van der Waals surface area contributed by atoms with Crippen LogP contribution in [-0.2, 0) is 43.0 Å². The molecule has 2 aliphatic heterocycles. The number of rotatable bonds is 14. The van der Waals surface area contributed by atoms with Gasteiger partial charge in [0.25, 0.3) is 11.8 Å². The van der Waals surface area contributed by atoms with Gasteiger partial charge >= 0.3 is 0 Å². The van der Waals surface area contributed by atoms with E-state index in [0.29, 0.717) is 11.3 Å². The first-order valence-corrected chi connectivity index (χ1v) is 22.5. The van der Waals surface area contributed by atoms with Crippen LogP contribution in [0.5, 0.6) is 0 Å². The van der Waals surface area contributed by atoms with Crippen molar-refractivity contribution in [1.82, 2.24) is 10.2 Å². The van der Waals surface area contributed by atoms with Crippen LogP contribution in [0.4, 0.5) is 14.5 Å². The molecule has 350 valence electrons. The Kier molecular flexibility index (Phi) is 12.3. The minimum atomic E-state index is -2.35. The molecule has 8 rings (SSSR count). The Morgan fingerprint density at radius 2 is 1.55 bits per heavy atom. The number of benzene rings is 2. The summed E-state index contributed by atoms with van der Waals surface area (Å²) in [6.45, 7) is 7.38. The van der Waals surface area contributed by atoms with E-state index in [2.05, 4.69) is 10.6 Å². The fourth-order valence-corrected chi connectivity index (χ4v) is 11.8. The molecule has 4 amide bonds. The number of carbonyl (C=O) groups is 7. The Morgan fingerprint density at radius 1 is 0.909 bits per heavy atom. The zero-order valence-corrected chi connectivity index (χ0v) is 37.4. The minimum Gasteiger partial charge on any atom is -0.390 e. The van der Waals surface area contributed by atoms with Crippen LogP contribution >= 0.6 is 0 Å². The van der Waals surface area contributed by atoms with Crippen molar-refractivity contribution < 1.29 is 62.0 Å². The summed E-state index contributed by atoms with van der Waals surface area (Å²) < 4.78 is 46.9. The molecule has 66 heavy (non-hydrogen) atoms. The van der Waals surface area contributed by atoms with E-state index in [-0.39, 0.29) is 61.8 Å². The van der Waals surface area contributed by atoms with Gasteiger partial charge < -0.3 is 30.3 Å². The molecular weight excluding hydrogens is 857 g/mol. The number of anilines is 1. The number of Topliss-reactive ketones (excluding diaryl/α,β-unsaturated/α-hetero) is 2. The molecule has 13 atom stereocenters. The number of halogens is 2. The second kappa shape index (κ2) is 17.3. The third-order valence-electron chi connectivity index (χ3n) is 15.6. The number of ketones is 3. The fraction of sp³-hybridized carbons (Fsp3) is 0.500. The summed E-state index contributed by atoms with van der Waals surface area (Å²) in [6, 6.07) is 13.8. The number of hydrogen-bond acceptors (Lipinski definition) is 11. The minimum absolute atomic E-state index is 0.00218. The average molecular weight is 912 g/mol. The molecule has 0 unspecified atom stereocenters. The number of fused-ring (bicyclic) bond motifs is 7. The lowest BCUT2D eigenvalue weighted by atomic mass is 9.44. The average Bonchev–Trinajstić information content (AvgIpc) is 3.92. The molecule has 6 aliphatic rings. The molecule has 3 saturated carbocycles. The Balaban J connectivity index is 0.882. The normalized spacial score (nSPS) is 34.4. The molecule has 4 fully saturated rings. The maximum atomic E-state index is 17.8. The first-order valence-electron chi connectivity index (χ1n) is 22.5. The molecule has 0 radical (unpaired) electrons. The number of amides is 4. The number of hydrogen-bond donors (Lipinski definition) is 4. The van der Waals surface area contributed by atoms with E-state index in [1.54, 1.807) is 26.0 Å². The van der Waals surface area contributed by atoms with Gasteiger partial charge in [-0.05, 0) is 80.0 Å². The van der Waals surface area contributed by atoms with Crippen molar-refractivity contribution in [3.8, 4) is 0 Å². The maximum Gasteiger partial charge on any atom is 0.253 e. The van der Waals surface area contributed by atoms with Crippen molar-refractivity contribution in [1.29, 1.82) is 0 Å². The Morgan fingerprint density at radius 3 is 2.18 bits per heavy atom. The zero-order chi connectivity index (χ0) is 47.7. The van der Waals surface area contributed by atoms with Gasteiger partial charge in [-0.25, -0.2) is 8.78 Å². The number of aliphatic hydroxyl groups excluding tert-OH is 2. The molecule has 16 heteroatoms. The lowest BCUT2D eigenvalue weighted by Crippen LogP contribution is -2.70. The maximum absolute atomic E-state index is 17.8. The molecule has 1 saturated heterocycles. The van der Waals surface area contributed by atoms with E-state index >= 15 is 8.78 Å². The largest absolute Gasteiger partial charge is 0.390 e. The third-order valence-corrected chi connectivity index (χ3v) is 15.6. The predicted octanol–water partition coefficient (Wildman–Crippen LogP) is 4.83. The molecule has 4 aliphatic carbocycles. The number of nitrogens with one attached hydrogen (secondary N) is 2. The number of imide groups is 1. The van der Waals surface area contributed by atoms with E-state index in [1.165, 1.54) is 26.0 Å². The predicted molar refractivity (Wildman–Crippen MR) is 233 cm³/mol. The molecular formula is C50H55F2N3O11. The van der Waals surface area contributed by atoms with Crippen LogP contribution in [-0.4, -0.2) is 105 Å². The van der Waals surface area contributed by atoms with E-state index < -0.39 is 106 Å². The summed E-state index contributed by atoms with van der Waals surface area (Å²) >= 11 is 0. The summed E-state index contributed by atoms with van der Waals surface area (Å²) in [4.78, 5) is 88.8. The number of allylic oxidation sites excluding steroid dienone is 4. The van der Waals surface area contributed by atoms with Crippen molar-refractivity contribution in [2.45, 2.75) is 115 Å². The van der Waals surface area contributed by atoms with Crippen molar-refractivity contribution in [3.05, 3.63) is 101 Å². The Hall–Kier alpha value is -5.55. The highest BCUT2D eigenvalue weighted by Gasteiger charge is 2.80. The highest BCUT2D eigenvalue weighted by molar-refractivity contribution is 6.13. The monoisotopic (exact) mass is 911 g/mol. The van der Waals surface area contributed by atoms with Crippen molar-refractivity contribution in [3.63, 3.8) is 0 Å². The molecule has 4 N–H and O–H groups in total. The zero-order valence-electron chi connectivity index (χ0n) is 37.4. The smallest absolute Gasteiger partial charge is 0.253 e. The Bertz CT molecular complexity index is 2440. The van der Waals surface area contributed by atoms with Gasteiger partial charge in [0.05, 0.1) is 18.2 Å². The molecule has 2 aromatic carbocycles. The summed E-state index contributed by atoms with van der Waals surface area (Å²) in [5.74, 6) is -5.89. The van der Waals surface area contributed by atoms with Crippen LogP contribution in [0.15, 0.2) is 84.5 Å². The molecule has 0 spiro atoms.